The van der Waals surface area contributed by atoms with E-state index >= 15 is 0 Å². The van der Waals surface area contributed by atoms with Crippen LogP contribution in [-0.2, 0) is 9.53 Å². The molecule has 0 aliphatic carbocycles. The lowest BCUT2D eigenvalue weighted by Crippen LogP contribution is -2.63. The maximum atomic E-state index is 11.9. The molecule has 2 atom stereocenters. The standard InChI is InChI=1S/C12H22N2O2/c1-3-16-11(15)12(13)7-9-5-4-6-10(8-12)14(9)2/h9-10H,3-8,13H2,1-2H3. The molecular formula is C12H22N2O2. The van der Waals surface area contributed by atoms with Gasteiger partial charge in [-0.25, -0.2) is 0 Å². The molecule has 2 saturated heterocycles. The Kier molecular flexibility index (Phi) is 3.22. The van der Waals surface area contributed by atoms with E-state index in [1.807, 2.05) is 6.92 Å². The van der Waals surface area contributed by atoms with Crippen molar-refractivity contribution < 1.29 is 9.53 Å². The van der Waals surface area contributed by atoms with E-state index in [9.17, 15) is 4.79 Å². The smallest absolute Gasteiger partial charge is 0.326 e. The van der Waals surface area contributed by atoms with Gasteiger partial charge >= 0.3 is 5.97 Å². The van der Waals surface area contributed by atoms with E-state index in [1.54, 1.807) is 0 Å². The second-order valence-electron chi connectivity index (χ2n) is 5.19. The summed E-state index contributed by atoms with van der Waals surface area (Å²) in [6, 6.07) is 0.920. The van der Waals surface area contributed by atoms with Gasteiger partial charge in [0.2, 0.25) is 0 Å². The Balaban J connectivity index is 2.10. The van der Waals surface area contributed by atoms with Gasteiger partial charge < -0.3 is 15.4 Å². The molecule has 92 valence electrons. The van der Waals surface area contributed by atoms with Crippen molar-refractivity contribution in [2.75, 3.05) is 13.7 Å². The van der Waals surface area contributed by atoms with E-state index in [1.165, 1.54) is 6.42 Å². The summed E-state index contributed by atoms with van der Waals surface area (Å²) in [6.45, 7) is 2.25. The van der Waals surface area contributed by atoms with Gasteiger partial charge in [0.1, 0.15) is 5.54 Å². The van der Waals surface area contributed by atoms with Crippen LogP contribution >= 0.6 is 0 Å². The molecule has 2 aliphatic rings. The summed E-state index contributed by atoms with van der Waals surface area (Å²) in [7, 11) is 2.15. The van der Waals surface area contributed by atoms with Crippen molar-refractivity contribution in [1.29, 1.82) is 0 Å². The Hall–Kier alpha value is -0.610. The Morgan fingerprint density at radius 2 is 2.00 bits per heavy atom. The van der Waals surface area contributed by atoms with Crippen molar-refractivity contribution in [1.82, 2.24) is 4.90 Å². The van der Waals surface area contributed by atoms with E-state index in [2.05, 4.69) is 11.9 Å². The number of nitrogens with two attached hydrogens (primary N) is 1. The van der Waals surface area contributed by atoms with Gasteiger partial charge in [0.25, 0.3) is 0 Å². The molecular weight excluding hydrogens is 204 g/mol. The third-order valence-electron chi connectivity index (χ3n) is 4.11. The van der Waals surface area contributed by atoms with Crippen LogP contribution in [0.25, 0.3) is 0 Å². The van der Waals surface area contributed by atoms with Crippen molar-refractivity contribution in [2.24, 2.45) is 5.73 Å². The van der Waals surface area contributed by atoms with Gasteiger partial charge in [0.05, 0.1) is 6.61 Å². The summed E-state index contributed by atoms with van der Waals surface area (Å²) in [4.78, 5) is 14.3. The van der Waals surface area contributed by atoms with Crippen LogP contribution in [0.2, 0.25) is 0 Å². The number of fused-ring (bicyclic) bond motifs is 2. The molecule has 0 aromatic heterocycles. The Bertz CT molecular complexity index is 266. The van der Waals surface area contributed by atoms with Crippen LogP contribution in [0.15, 0.2) is 0 Å². The first-order valence-corrected chi connectivity index (χ1v) is 6.25. The summed E-state index contributed by atoms with van der Waals surface area (Å²) in [5.41, 5.74) is 5.50. The van der Waals surface area contributed by atoms with Gasteiger partial charge in [-0.3, -0.25) is 4.79 Å². The van der Waals surface area contributed by atoms with Gasteiger partial charge in [-0.2, -0.15) is 0 Å². The lowest BCUT2D eigenvalue weighted by molar-refractivity contribution is -0.154. The van der Waals surface area contributed by atoms with Crippen LogP contribution in [0.1, 0.15) is 39.0 Å². The lowest BCUT2D eigenvalue weighted by Gasteiger charge is -2.50. The number of hydrogen-bond acceptors (Lipinski definition) is 4. The number of ether oxygens (including phenoxy) is 1. The number of nitrogens with zero attached hydrogens (tertiary/aromatic N) is 1. The molecule has 16 heavy (non-hydrogen) atoms. The van der Waals surface area contributed by atoms with Gasteiger partial charge in [-0.15, -0.1) is 0 Å². The molecule has 0 saturated carbocycles. The SMILES string of the molecule is CCOC(=O)C1(N)CC2CCCC(C1)N2C. The van der Waals surface area contributed by atoms with Gasteiger partial charge in [-0.05, 0) is 39.7 Å². The highest BCUT2D eigenvalue weighted by Gasteiger charge is 2.47. The predicted molar refractivity (Wildman–Crippen MR) is 62.0 cm³/mol. The predicted octanol–water partition coefficient (Wildman–Crippen LogP) is 0.894. The monoisotopic (exact) mass is 226 g/mol. The minimum atomic E-state index is -0.738. The summed E-state index contributed by atoms with van der Waals surface area (Å²) < 4.78 is 5.10. The number of esters is 1. The highest BCUT2D eigenvalue weighted by molar-refractivity contribution is 5.81. The fourth-order valence-corrected chi connectivity index (χ4v) is 3.15. The molecule has 2 unspecified atom stereocenters. The zero-order valence-corrected chi connectivity index (χ0v) is 10.2. The highest BCUT2D eigenvalue weighted by Crippen LogP contribution is 2.37. The molecule has 0 radical (unpaired) electrons. The summed E-state index contributed by atoms with van der Waals surface area (Å²) in [6.07, 6.45) is 5.08. The molecule has 2 rings (SSSR count). The Morgan fingerprint density at radius 3 is 2.50 bits per heavy atom. The Morgan fingerprint density at radius 1 is 1.44 bits per heavy atom. The normalized spacial score (nSPS) is 39.4. The second-order valence-corrected chi connectivity index (χ2v) is 5.19. The molecule has 0 spiro atoms. The quantitative estimate of drug-likeness (QED) is 0.711. The fraction of sp³-hybridized carbons (Fsp3) is 0.917. The summed E-state index contributed by atoms with van der Waals surface area (Å²) >= 11 is 0. The van der Waals surface area contributed by atoms with E-state index in [0.29, 0.717) is 18.7 Å². The third-order valence-corrected chi connectivity index (χ3v) is 4.11. The zero-order chi connectivity index (χ0) is 11.8. The number of hydrogen-bond donors (Lipinski definition) is 1. The van der Waals surface area contributed by atoms with Gasteiger partial charge in [0, 0.05) is 12.1 Å². The van der Waals surface area contributed by atoms with Crippen LogP contribution in [-0.4, -0.2) is 42.1 Å². The summed E-state index contributed by atoms with van der Waals surface area (Å²) in [5.74, 6) is -0.208. The van der Waals surface area contributed by atoms with Crippen molar-refractivity contribution in [3.8, 4) is 0 Å². The van der Waals surface area contributed by atoms with Crippen LogP contribution in [0.4, 0.5) is 0 Å². The first-order valence-electron chi connectivity index (χ1n) is 6.25. The van der Waals surface area contributed by atoms with Crippen molar-refractivity contribution in [3.63, 3.8) is 0 Å². The third kappa shape index (κ3) is 1.96. The molecule has 2 fully saturated rings. The molecule has 0 aromatic carbocycles. The first-order chi connectivity index (χ1) is 7.57. The largest absolute Gasteiger partial charge is 0.465 e. The van der Waals surface area contributed by atoms with Crippen molar-refractivity contribution in [3.05, 3.63) is 0 Å². The van der Waals surface area contributed by atoms with Crippen molar-refractivity contribution in [2.45, 2.75) is 56.7 Å². The van der Waals surface area contributed by atoms with Crippen LogP contribution < -0.4 is 5.73 Å². The maximum absolute atomic E-state index is 11.9. The molecule has 4 nitrogen and oxygen atoms in total. The molecule has 2 bridgehead atoms. The number of carbonyl (C=O) groups excluding carboxylic acids is 1. The van der Waals surface area contributed by atoms with E-state index in [-0.39, 0.29) is 5.97 Å². The molecule has 2 aliphatic heterocycles. The number of piperidine rings is 2. The second kappa shape index (κ2) is 4.34. The minimum Gasteiger partial charge on any atom is -0.465 e. The van der Waals surface area contributed by atoms with Gasteiger partial charge in [-0.1, -0.05) is 6.42 Å². The van der Waals surface area contributed by atoms with E-state index in [4.69, 9.17) is 10.5 Å². The van der Waals surface area contributed by atoms with Crippen LogP contribution in [0.5, 0.6) is 0 Å². The summed E-state index contributed by atoms with van der Waals surface area (Å²) in [5, 5.41) is 0. The molecule has 0 aromatic rings. The maximum Gasteiger partial charge on any atom is 0.326 e. The number of carbonyl (C=O) groups is 1. The lowest BCUT2D eigenvalue weighted by atomic mass is 9.74. The Labute approximate surface area is 97.1 Å². The zero-order valence-electron chi connectivity index (χ0n) is 10.2. The average Bonchev–Trinajstić information content (AvgIpc) is 2.21. The fourth-order valence-electron chi connectivity index (χ4n) is 3.15. The minimum absolute atomic E-state index is 0.208. The van der Waals surface area contributed by atoms with Crippen LogP contribution in [0, 0.1) is 0 Å². The van der Waals surface area contributed by atoms with E-state index in [0.717, 1.165) is 25.7 Å². The first kappa shape index (κ1) is 11.9. The van der Waals surface area contributed by atoms with Crippen molar-refractivity contribution >= 4 is 5.97 Å². The highest BCUT2D eigenvalue weighted by atomic mass is 16.5. The molecule has 4 heteroatoms. The van der Waals surface area contributed by atoms with Crippen LogP contribution in [0.3, 0.4) is 0 Å². The average molecular weight is 226 g/mol. The topological polar surface area (TPSA) is 55.6 Å². The van der Waals surface area contributed by atoms with Gasteiger partial charge in [0.15, 0.2) is 0 Å². The molecule has 0 amide bonds. The molecule has 2 N–H and O–H groups in total. The molecule has 2 heterocycles. The number of rotatable bonds is 2. The van der Waals surface area contributed by atoms with E-state index < -0.39 is 5.54 Å².